The molecule has 0 spiro atoms. The maximum absolute atomic E-state index is 9.58. The summed E-state index contributed by atoms with van der Waals surface area (Å²) in [4.78, 5) is 20.7. The molecular formula is C3H7NO4. The number of nitrogens with two attached hydrogens (primary N) is 1. The molecule has 0 amide bonds. The third-order valence-electron chi connectivity index (χ3n) is 0.268. The molecule has 0 aromatic rings. The average Bonchev–Trinajstić information content (AvgIpc) is 1.91. The summed E-state index contributed by atoms with van der Waals surface area (Å²) in [5.41, 5.74) is 4.65. The van der Waals surface area contributed by atoms with Crippen LogP contribution in [0, 0.1) is 0 Å². The highest BCUT2D eigenvalue weighted by Gasteiger charge is 1.90. The summed E-state index contributed by atoms with van der Waals surface area (Å²) in [7, 11) is 0. The van der Waals surface area contributed by atoms with E-state index in [1.54, 1.807) is 0 Å². The van der Waals surface area contributed by atoms with Crippen LogP contribution in [0.1, 0.15) is 0 Å². The first-order chi connectivity index (χ1) is 3.81. The largest absolute Gasteiger partial charge is 0.355 e. The molecule has 0 saturated carbocycles. The average molecular weight is 121 g/mol. The highest BCUT2D eigenvalue weighted by atomic mass is 17.1. The minimum absolute atomic E-state index is 0.281. The molecule has 0 aliphatic rings. The van der Waals surface area contributed by atoms with Crippen LogP contribution in [0.4, 0.5) is 0 Å². The predicted molar refractivity (Wildman–Crippen MR) is 24.9 cm³/mol. The third kappa shape index (κ3) is 8.91. The molecule has 0 atom stereocenters. The molecule has 5 nitrogen and oxygen atoms in total. The van der Waals surface area contributed by atoms with Crippen molar-refractivity contribution in [3.05, 3.63) is 0 Å². The lowest BCUT2D eigenvalue weighted by Crippen LogP contribution is -2.14. The Hall–Kier alpha value is -0.940. The van der Waals surface area contributed by atoms with E-state index < -0.39 is 5.97 Å². The molecule has 0 fully saturated rings. The summed E-state index contributed by atoms with van der Waals surface area (Å²) in [6.45, 7) is 1.72. The van der Waals surface area contributed by atoms with E-state index in [4.69, 9.17) is 10.1 Å². The molecule has 0 bridgehead atoms. The number of carbonyl (C=O) groups excluding carboxylic acids is 2. The van der Waals surface area contributed by atoms with Crippen LogP contribution in [0.3, 0.4) is 0 Å². The second kappa shape index (κ2) is 9.41. The highest BCUT2D eigenvalue weighted by Crippen LogP contribution is 1.60. The standard InChI is InChI=1S/C2H5NO3.CH2O/c3-1-2(4)6-5;1-2/h5H,1,3H2;1H2. The van der Waals surface area contributed by atoms with Gasteiger partial charge in [0, 0.05) is 0 Å². The Morgan fingerprint density at radius 2 is 2.12 bits per heavy atom. The molecule has 0 rings (SSSR count). The molecule has 0 radical (unpaired) electrons. The summed E-state index contributed by atoms with van der Waals surface area (Å²) >= 11 is 0. The summed E-state index contributed by atoms with van der Waals surface area (Å²) < 4.78 is 0. The van der Waals surface area contributed by atoms with E-state index in [1.165, 1.54) is 0 Å². The molecular weight excluding hydrogens is 114 g/mol. The molecule has 0 unspecified atom stereocenters. The summed E-state index contributed by atoms with van der Waals surface area (Å²) in [6.07, 6.45) is 0. The number of rotatable bonds is 1. The van der Waals surface area contributed by atoms with Gasteiger partial charge >= 0.3 is 5.97 Å². The van der Waals surface area contributed by atoms with Gasteiger partial charge in [0.05, 0.1) is 6.54 Å². The highest BCUT2D eigenvalue weighted by molar-refractivity contribution is 5.70. The van der Waals surface area contributed by atoms with Crippen molar-refractivity contribution in [2.75, 3.05) is 6.54 Å². The van der Waals surface area contributed by atoms with Gasteiger partial charge in [-0.1, -0.05) is 0 Å². The minimum atomic E-state index is -0.824. The molecule has 0 aliphatic carbocycles. The first kappa shape index (κ1) is 10.1. The van der Waals surface area contributed by atoms with Crippen LogP contribution in [0.25, 0.3) is 0 Å². The zero-order valence-corrected chi connectivity index (χ0v) is 4.16. The van der Waals surface area contributed by atoms with Crippen LogP contribution in [0.2, 0.25) is 0 Å². The van der Waals surface area contributed by atoms with Crippen LogP contribution in [0.15, 0.2) is 0 Å². The van der Waals surface area contributed by atoms with Crippen molar-refractivity contribution in [2.24, 2.45) is 5.73 Å². The van der Waals surface area contributed by atoms with Crippen LogP contribution in [-0.4, -0.2) is 24.6 Å². The van der Waals surface area contributed by atoms with Crippen molar-refractivity contribution in [3.8, 4) is 0 Å². The molecule has 0 saturated heterocycles. The smallest absolute Gasteiger partial charge is 0.321 e. The third-order valence-corrected chi connectivity index (χ3v) is 0.268. The maximum atomic E-state index is 9.58. The van der Waals surface area contributed by atoms with Crippen LogP contribution >= 0.6 is 0 Å². The van der Waals surface area contributed by atoms with Crippen LogP contribution < -0.4 is 5.73 Å². The normalized spacial score (nSPS) is 6.25. The molecule has 0 aromatic carbocycles. The van der Waals surface area contributed by atoms with Crippen molar-refractivity contribution < 1.29 is 19.7 Å². The zero-order chi connectivity index (χ0) is 6.99. The van der Waals surface area contributed by atoms with E-state index in [0.717, 1.165) is 0 Å². The monoisotopic (exact) mass is 121 g/mol. The first-order valence-corrected chi connectivity index (χ1v) is 1.64. The Morgan fingerprint density at radius 3 is 2.12 bits per heavy atom. The fraction of sp³-hybridized carbons (Fsp3) is 0.333. The topological polar surface area (TPSA) is 89.6 Å². The lowest BCUT2D eigenvalue weighted by atomic mass is 10.7. The Balaban J connectivity index is 0. The lowest BCUT2D eigenvalue weighted by Gasteiger charge is -1.83. The van der Waals surface area contributed by atoms with Crippen molar-refractivity contribution in [3.63, 3.8) is 0 Å². The van der Waals surface area contributed by atoms with Gasteiger partial charge in [0.25, 0.3) is 0 Å². The van der Waals surface area contributed by atoms with Gasteiger partial charge in [-0.2, -0.15) is 5.26 Å². The van der Waals surface area contributed by atoms with E-state index in [0.29, 0.717) is 0 Å². The fourth-order valence-corrected chi connectivity index (χ4v) is 0.0373. The Labute approximate surface area is 46.0 Å². The van der Waals surface area contributed by atoms with Gasteiger partial charge in [0.15, 0.2) is 0 Å². The lowest BCUT2D eigenvalue weighted by molar-refractivity contribution is -0.232. The second-order valence-corrected chi connectivity index (χ2v) is 0.667. The van der Waals surface area contributed by atoms with Gasteiger partial charge in [0.2, 0.25) is 0 Å². The zero-order valence-electron chi connectivity index (χ0n) is 4.16. The molecule has 48 valence electrons. The van der Waals surface area contributed by atoms with Gasteiger partial charge < -0.3 is 10.5 Å². The van der Waals surface area contributed by atoms with Crippen molar-refractivity contribution in [2.45, 2.75) is 0 Å². The number of carbonyl (C=O) groups is 2. The second-order valence-electron chi connectivity index (χ2n) is 0.667. The number of hydrogen-bond donors (Lipinski definition) is 2. The molecule has 0 aliphatic heterocycles. The van der Waals surface area contributed by atoms with Gasteiger partial charge in [-0.15, -0.1) is 0 Å². The Bertz CT molecular complexity index is 58.3. The minimum Gasteiger partial charge on any atom is -0.321 e. The van der Waals surface area contributed by atoms with E-state index in [2.05, 4.69) is 10.6 Å². The van der Waals surface area contributed by atoms with Gasteiger partial charge in [-0.25, -0.2) is 4.79 Å². The van der Waals surface area contributed by atoms with Crippen LogP contribution in [0.5, 0.6) is 0 Å². The Kier molecular flexibility index (Phi) is 11.9. The quantitative estimate of drug-likeness (QED) is 0.335. The summed E-state index contributed by atoms with van der Waals surface area (Å²) in [6, 6.07) is 0. The predicted octanol–water partition coefficient (Wildman–Crippen LogP) is -1.22. The van der Waals surface area contributed by atoms with Crippen molar-refractivity contribution >= 4 is 12.8 Å². The molecule has 5 heteroatoms. The Morgan fingerprint density at radius 1 is 1.75 bits per heavy atom. The molecule has 3 N–H and O–H groups in total. The van der Waals surface area contributed by atoms with E-state index in [9.17, 15) is 4.79 Å². The van der Waals surface area contributed by atoms with E-state index in [1.807, 2.05) is 6.79 Å². The van der Waals surface area contributed by atoms with Crippen LogP contribution in [-0.2, 0) is 14.5 Å². The van der Waals surface area contributed by atoms with Crippen molar-refractivity contribution in [1.82, 2.24) is 0 Å². The SMILES string of the molecule is C=O.NCC(=O)OO. The van der Waals surface area contributed by atoms with Gasteiger partial charge in [-0.05, 0) is 0 Å². The summed E-state index contributed by atoms with van der Waals surface area (Å²) in [5.74, 6) is -0.824. The fourth-order valence-electron chi connectivity index (χ4n) is 0.0373. The molecule has 0 heterocycles. The summed E-state index contributed by atoms with van der Waals surface area (Å²) in [5, 5.41) is 7.41. The van der Waals surface area contributed by atoms with Crippen molar-refractivity contribution in [1.29, 1.82) is 0 Å². The molecule has 8 heavy (non-hydrogen) atoms. The van der Waals surface area contributed by atoms with E-state index >= 15 is 0 Å². The number of hydrogen-bond acceptors (Lipinski definition) is 5. The molecule has 0 aromatic heterocycles. The van der Waals surface area contributed by atoms with Gasteiger partial charge in [0.1, 0.15) is 6.79 Å². The maximum Gasteiger partial charge on any atom is 0.355 e. The van der Waals surface area contributed by atoms with E-state index in [-0.39, 0.29) is 6.54 Å². The first-order valence-electron chi connectivity index (χ1n) is 1.64. The van der Waals surface area contributed by atoms with Gasteiger partial charge in [-0.3, -0.25) is 4.89 Å².